The van der Waals surface area contributed by atoms with Gasteiger partial charge in [0.05, 0.1) is 0 Å². The number of likely N-dealkylation sites (tertiary alicyclic amines) is 1. The number of rotatable bonds is 7. The molecule has 2 aliphatic rings. The van der Waals surface area contributed by atoms with Gasteiger partial charge in [0.2, 0.25) is 5.91 Å². The van der Waals surface area contributed by atoms with Gasteiger partial charge >= 0.3 is 0 Å². The van der Waals surface area contributed by atoms with E-state index in [0.717, 1.165) is 53.4 Å². The van der Waals surface area contributed by atoms with E-state index in [2.05, 4.69) is 19.7 Å². The Morgan fingerprint density at radius 1 is 1.15 bits per heavy atom. The summed E-state index contributed by atoms with van der Waals surface area (Å²) in [4.78, 5) is 18.7. The Morgan fingerprint density at radius 3 is 2.64 bits per heavy atom. The van der Waals surface area contributed by atoms with Crippen molar-refractivity contribution in [2.24, 2.45) is 0 Å². The van der Waals surface area contributed by atoms with Crippen molar-refractivity contribution in [2.45, 2.75) is 44.2 Å². The van der Waals surface area contributed by atoms with Gasteiger partial charge in [-0.1, -0.05) is 18.2 Å². The second kappa shape index (κ2) is 9.70. The molecule has 170 valence electrons. The molecule has 1 amide bonds. The molecule has 0 spiro atoms. The Balaban J connectivity index is 1.12. The number of carbonyl (C=O) groups excluding carboxylic acids is 1. The van der Waals surface area contributed by atoms with Gasteiger partial charge in [0.1, 0.15) is 18.2 Å². The van der Waals surface area contributed by atoms with Crippen LogP contribution in [0.3, 0.4) is 0 Å². The van der Waals surface area contributed by atoms with Crippen molar-refractivity contribution < 1.29 is 9.53 Å². The van der Waals surface area contributed by atoms with E-state index in [1.165, 1.54) is 12.8 Å². The van der Waals surface area contributed by atoms with Crippen LogP contribution in [-0.4, -0.2) is 43.6 Å². The van der Waals surface area contributed by atoms with E-state index < -0.39 is 0 Å². The van der Waals surface area contributed by atoms with Gasteiger partial charge < -0.3 is 14.2 Å². The number of nitrogens with one attached hydrogen (secondary N) is 1. The Morgan fingerprint density at radius 2 is 1.94 bits per heavy atom. The fraction of sp³-hybridized carbons (Fsp3) is 0.360. The molecule has 33 heavy (non-hydrogen) atoms. The van der Waals surface area contributed by atoms with Crippen LogP contribution >= 0.6 is 12.2 Å². The molecule has 2 fully saturated rings. The molecule has 1 N–H and O–H groups in total. The molecular formula is C25H27N5O2S. The van der Waals surface area contributed by atoms with Crippen molar-refractivity contribution >= 4 is 24.2 Å². The lowest BCUT2D eigenvalue weighted by Crippen LogP contribution is -2.37. The average molecular weight is 462 g/mol. The molecular weight excluding hydrogens is 434 g/mol. The van der Waals surface area contributed by atoms with Gasteiger partial charge in [-0.2, -0.15) is 5.10 Å². The predicted molar refractivity (Wildman–Crippen MR) is 128 cm³/mol. The van der Waals surface area contributed by atoms with Crippen LogP contribution in [0.5, 0.6) is 5.75 Å². The third-order valence-corrected chi connectivity index (χ3v) is 6.53. The molecule has 3 aromatic rings. The molecule has 1 saturated heterocycles. The number of hydrogen-bond acceptors (Lipinski definition) is 5. The molecule has 0 bridgehead atoms. The van der Waals surface area contributed by atoms with Gasteiger partial charge in [-0.3, -0.25) is 14.9 Å². The molecule has 0 atom stereocenters. The highest BCUT2D eigenvalue weighted by Gasteiger charge is 2.32. The number of ether oxygens (including phenoxy) is 1. The molecule has 0 unspecified atom stereocenters. The van der Waals surface area contributed by atoms with E-state index in [1.807, 2.05) is 47.4 Å². The monoisotopic (exact) mass is 461 g/mol. The van der Waals surface area contributed by atoms with Gasteiger partial charge in [0.25, 0.3) is 0 Å². The summed E-state index contributed by atoms with van der Waals surface area (Å²) < 4.78 is 8.71. The first-order valence-corrected chi connectivity index (χ1v) is 11.8. The number of pyridine rings is 1. The lowest BCUT2D eigenvalue weighted by molar-refractivity contribution is -0.127. The average Bonchev–Trinajstić information content (AvgIpc) is 3.63. The number of H-pyrrole nitrogens is 1. The first-order valence-electron chi connectivity index (χ1n) is 11.4. The van der Waals surface area contributed by atoms with Crippen LogP contribution in [0.25, 0.3) is 6.08 Å². The quantitative estimate of drug-likeness (QED) is 0.409. The second-order valence-electron chi connectivity index (χ2n) is 8.64. The number of amides is 1. The van der Waals surface area contributed by atoms with Crippen LogP contribution in [0.4, 0.5) is 0 Å². The van der Waals surface area contributed by atoms with E-state index in [-0.39, 0.29) is 5.91 Å². The zero-order valence-electron chi connectivity index (χ0n) is 18.4. The summed E-state index contributed by atoms with van der Waals surface area (Å²) in [5.41, 5.74) is 1.99. The summed E-state index contributed by atoms with van der Waals surface area (Å²) in [5.74, 6) is 2.25. The van der Waals surface area contributed by atoms with Crippen LogP contribution in [0.15, 0.2) is 54.9 Å². The third-order valence-electron chi connectivity index (χ3n) is 6.24. The van der Waals surface area contributed by atoms with Crippen molar-refractivity contribution in [3.05, 3.63) is 76.6 Å². The molecule has 8 heteroatoms. The fourth-order valence-electron chi connectivity index (χ4n) is 4.25. The van der Waals surface area contributed by atoms with Crippen LogP contribution in [-0.2, 0) is 11.4 Å². The van der Waals surface area contributed by atoms with Crippen LogP contribution in [0.2, 0.25) is 0 Å². The maximum Gasteiger partial charge on any atom is 0.246 e. The number of aromatic amines is 1. The smallest absolute Gasteiger partial charge is 0.246 e. The molecule has 2 aromatic heterocycles. The molecule has 7 nitrogen and oxygen atoms in total. The lowest BCUT2D eigenvalue weighted by atomic mass is 9.95. The summed E-state index contributed by atoms with van der Waals surface area (Å²) >= 11 is 5.41. The first-order chi connectivity index (χ1) is 16.2. The number of hydrogen-bond donors (Lipinski definition) is 1. The number of piperidine rings is 1. The minimum Gasteiger partial charge on any atom is -0.489 e. The summed E-state index contributed by atoms with van der Waals surface area (Å²) in [6.07, 6.45) is 11.2. The predicted octanol–water partition coefficient (Wildman–Crippen LogP) is 4.67. The van der Waals surface area contributed by atoms with Gasteiger partial charge in [0.15, 0.2) is 4.77 Å². The topological polar surface area (TPSA) is 76.0 Å². The zero-order chi connectivity index (χ0) is 22.6. The minimum absolute atomic E-state index is 0.0476. The summed E-state index contributed by atoms with van der Waals surface area (Å²) in [6, 6.07) is 12.1. The SMILES string of the molecule is O=C(/C=C/c1ccc(OCc2cccnc2)cc1)N1CCC(c2n[nH]c(=S)n2C2CC2)CC1. The van der Waals surface area contributed by atoms with Crippen molar-refractivity contribution in [3.63, 3.8) is 0 Å². The Kier molecular flexibility index (Phi) is 6.35. The fourth-order valence-corrected chi connectivity index (χ4v) is 4.54. The normalized spacial score (nSPS) is 16.9. The third kappa shape index (κ3) is 5.22. The molecule has 1 aliphatic carbocycles. The molecule has 1 aliphatic heterocycles. The van der Waals surface area contributed by atoms with Gasteiger partial charge in [-0.25, -0.2) is 0 Å². The Bertz CT molecular complexity index is 1170. The standard InChI is InChI=1S/C25H27N5O2S/c31-23(10-5-18-3-8-22(9-4-18)32-17-19-2-1-13-26-16-19)29-14-11-20(12-15-29)24-27-28-25(33)30(24)21-6-7-21/h1-5,8-10,13,16,20-21H,6-7,11-12,14-15,17H2,(H,28,33)/b10-5+. The van der Waals surface area contributed by atoms with Crippen molar-refractivity contribution in [1.82, 2.24) is 24.6 Å². The highest BCUT2D eigenvalue weighted by Crippen LogP contribution is 2.39. The van der Waals surface area contributed by atoms with E-state index in [1.54, 1.807) is 18.5 Å². The summed E-state index contributed by atoms with van der Waals surface area (Å²) in [7, 11) is 0. The first kappa shape index (κ1) is 21.6. The van der Waals surface area contributed by atoms with Gasteiger partial charge in [-0.15, -0.1) is 0 Å². The molecule has 3 heterocycles. The highest BCUT2D eigenvalue weighted by molar-refractivity contribution is 7.71. The lowest BCUT2D eigenvalue weighted by Gasteiger charge is -2.31. The number of carbonyl (C=O) groups is 1. The van der Waals surface area contributed by atoms with Crippen LogP contribution in [0, 0.1) is 4.77 Å². The number of benzene rings is 1. The number of aromatic nitrogens is 4. The van der Waals surface area contributed by atoms with Crippen LogP contribution < -0.4 is 4.74 Å². The molecule has 5 rings (SSSR count). The summed E-state index contributed by atoms with van der Waals surface area (Å²) in [5, 5.41) is 7.46. The maximum absolute atomic E-state index is 12.7. The van der Waals surface area contributed by atoms with E-state index in [0.29, 0.717) is 18.6 Å². The largest absolute Gasteiger partial charge is 0.489 e. The van der Waals surface area contributed by atoms with Gasteiger partial charge in [-0.05, 0) is 67.7 Å². The van der Waals surface area contributed by atoms with Gasteiger partial charge in [0, 0.05) is 49.1 Å². The zero-order valence-corrected chi connectivity index (χ0v) is 19.2. The number of nitrogens with zero attached hydrogens (tertiary/aromatic N) is 4. The minimum atomic E-state index is 0.0476. The van der Waals surface area contributed by atoms with Crippen molar-refractivity contribution in [3.8, 4) is 5.75 Å². The summed E-state index contributed by atoms with van der Waals surface area (Å²) in [6.45, 7) is 1.95. The van der Waals surface area contributed by atoms with Crippen molar-refractivity contribution in [2.75, 3.05) is 13.1 Å². The van der Waals surface area contributed by atoms with Crippen LogP contribution in [0.1, 0.15) is 54.6 Å². The molecule has 1 aromatic carbocycles. The molecule has 0 radical (unpaired) electrons. The van der Waals surface area contributed by atoms with Crippen molar-refractivity contribution in [1.29, 1.82) is 0 Å². The van der Waals surface area contributed by atoms with E-state index in [4.69, 9.17) is 17.0 Å². The maximum atomic E-state index is 12.7. The molecule has 1 saturated carbocycles. The van der Waals surface area contributed by atoms with E-state index >= 15 is 0 Å². The second-order valence-corrected chi connectivity index (χ2v) is 9.03. The Hall–Kier alpha value is -3.26. The Labute approximate surface area is 198 Å². The highest BCUT2D eigenvalue weighted by atomic mass is 32.1. The van der Waals surface area contributed by atoms with E-state index in [9.17, 15) is 4.79 Å².